The van der Waals surface area contributed by atoms with Crippen molar-refractivity contribution < 1.29 is 4.79 Å². The molecule has 40 valence electrons. The molecular formula is C6H10O. The van der Waals surface area contributed by atoms with E-state index in [1.54, 1.807) is 0 Å². The number of hydrogen-bond acceptors (Lipinski definition) is 1. The Morgan fingerprint density at radius 1 is 1.86 bits per heavy atom. The molecule has 0 aromatic rings. The van der Waals surface area contributed by atoms with Gasteiger partial charge in [0.2, 0.25) is 6.29 Å². The van der Waals surface area contributed by atoms with Gasteiger partial charge in [0.05, 0.1) is 0 Å². The van der Waals surface area contributed by atoms with Crippen LogP contribution in [0.2, 0.25) is 0 Å². The zero-order chi connectivity index (χ0) is 5.70. The third kappa shape index (κ3) is 2.38. The zero-order valence-electron chi connectivity index (χ0n) is 4.61. The molecule has 0 bridgehead atoms. The molecule has 7 heavy (non-hydrogen) atoms. The van der Waals surface area contributed by atoms with Gasteiger partial charge in [-0.1, -0.05) is 13.8 Å². The van der Waals surface area contributed by atoms with Crippen LogP contribution < -0.4 is 0 Å². The Hall–Kier alpha value is -0.330. The fourth-order valence-corrected chi connectivity index (χ4v) is 0.346. The van der Waals surface area contributed by atoms with Crippen molar-refractivity contribution in [2.24, 2.45) is 5.92 Å². The van der Waals surface area contributed by atoms with Gasteiger partial charge in [-0.25, -0.2) is 0 Å². The molecule has 0 N–H and O–H groups in total. The molecule has 0 fully saturated rings. The van der Waals surface area contributed by atoms with E-state index in [-0.39, 0.29) is 5.92 Å². The molecule has 1 unspecified atom stereocenters. The van der Waals surface area contributed by atoms with Crippen molar-refractivity contribution >= 4 is 6.29 Å². The molecular weight excluding hydrogens is 88.1 g/mol. The normalized spacial score (nSPS) is 9.57. The van der Waals surface area contributed by atoms with Crippen molar-refractivity contribution in [2.45, 2.75) is 19.8 Å². The van der Waals surface area contributed by atoms with E-state index in [4.69, 9.17) is 0 Å². The Bertz CT molecular complexity index is 46.1. The maximum Gasteiger partial charge on any atom is 0.201 e. The molecule has 0 spiro atoms. The first-order chi connectivity index (χ1) is 3.35. The minimum atomic E-state index is 0.0694. The molecule has 1 heteroatoms. The van der Waals surface area contributed by atoms with Crippen molar-refractivity contribution in [3.8, 4) is 0 Å². The van der Waals surface area contributed by atoms with E-state index in [0.717, 1.165) is 6.42 Å². The van der Waals surface area contributed by atoms with E-state index in [1.165, 1.54) is 0 Å². The summed E-state index contributed by atoms with van der Waals surface area (Å²) in [5, 5.41) is 0. The third-order valence-electron chi connectivity index (χ3n) is 1.01. The summed E-state index contributed by atoms with van der Waals surface area (Å²) in [6.07, 6.45) is 3.44. The Kier molecular flexibility index (Phi) is 3.67. The highest BCUT2D eigenvalue weighted by atomic mass is 16.1. The maximum absolute atomic E-state index is 9.80. The lowest BCUT2D eigenvalue weighted by Gasteiger charge is -1.96. The smallest absolute Gasteiger partial charge is 0.201 e. The Balaban J connectivity index is 3.16. The first kappa shape index (κ1) is 6.67. The maximum atomic E-state index is 9.80. The van der Waals surface area contributed by atoms with Gasteiger partial charge in [0, 0.05) is 5.92 Å². The number of rotatable bonds is 3. The van der Waals surface area contributed by atoms with Crippen LogP contribution in [-0.2, 0) is 4.79 Å². The average molecular weight is 98.1 g/mol. The van der Waals surface area contributed by atoms with E-state index in [0.29, 0.717) is 6.42 Å². The molecule has 0 saturated carbocycles. The summed E-state index contributed by atoms with van der Waals surface area (Å²) >= 11 is 0. The third-order valence-corrected chi connectivity index (χ3v) is 1.01. The average Bonchev–Trinajstić information content (AvgIpc) is 1.72. The van der Waals surface area contributed by atoms with Crippen LogP contribution in [0.15, 0.2) is 0 Å². The highest BCUT2D eigenvalue weighted by Crippen LogP contribution is 2.00. The predicted octanol–water partition coefficient (Wildman–Crippen LogP) is 1.35. The van der Waals surface area contributed by atoms with Crippen molar-refractivity contribution in [2.75, 3.05) is 0 Å². The summed E-state index contributed by atoms with van der Waals surface area (Å²) in [6, 6.07) is 0. The number of carbonyl (C=O) groups excluding carboxylic acids is 1. The summed E-state index contributed by atoms with van der Waals surface area (Å²) in [7, 11) is 0. The first-order valence-corrected chi connectivity index (χ1v) is 2.52. The molecule has 0 saturated heterocycles. The highest BCUT2D eigenvalue weighted by molar-refractivity contribution is 5.54. The molecule has 0 heterocycles. The van der Waals surface area contributed by atoms with Gasteiger partial charge in [-0.05, 0) is 12.8 Å². The second kappa shape index (κ2) is 3.85. The standard InChI is InChI=1S/C6H10O/c1-3-6(4-2)5-7/h6H,1,3-4H2,2H3. The van der Waals surface area contributed by atoms with E-state index in [9.17, 15) is 4.79 Å². The summed E-state index contributed by atoms with van der Waals surface area (Å²) in [4.78, 5) is 9.80. The van der Waals surface area contributed by atoms with Crippen molar-refractivity contribution in [1.29, 1.82) is 0 Å². The van der Waals surface area contributed by atoms with Gasteiger partial charge in [-0.15, -0.1) is 0 Å². The van der Waals surface area contributed by atoms with Crippen LogP contribution >= 0.6 is 0 Å². The van der Waals surface area contributed by atoms with E-state index in [1.807, 2.05) is 13.2 Å². The van der Waals surface area contributed by atoms with Crippen molar-refractivity contribution in [3.05, 3.63) is 6.92 Å². The lowest BCUT2D eigenvalue weighted by Crippen LogP contribution is -1.95. The molecule has 1 nitrogen and oxygen atoms in total. The largest absolute Gasteiger partial charge is 0.291 e. The van der Waals surface area contributed by atoms with Crippen LogP contribution in [0.25, 0.3) is 0 Å². The van der Waals surface area contributed by atoms with Crippen LogP contribution in [0.1, 0.15) is 19.8 Å². The van der Waals surface area contributed by atoms with Crippen LogP contribution in [0.5, 0.6) is 0 Å². The summed E-state index contributed by atoms with van der Waals surface area (Å²) in [5.74, 6) is 0.0694. The quantitative estimate of drug-likeness (QED) is 0.520. The fourth-order valence-electron chi connectivity index (χ4n) is 0.346. The Labute approximate surface area is 44.7 Å². The molecule has 0 aromatic carbocycles. The lowest BCUT2D eigenvalue weighted by molar-refractivity contribution is 0.515. The van der Waals surface area contributed by atoms with Crippen molar-refractivity contribution in [1.82, 2.24) is 0 Å². The highest BCUT2D eigenvalue weighted by Gasteiger charge is 1.98. The van der Waals surface area contributed by atoms with E-state index in [2.05, 4.69) is 6.92 Å². The van der Waals surface area contributed by atoms with Gasteiger partial charge < -0.3 is 0 Å². The van der Waals surface area contributed by atoms with Crippen LogP contribution in [0, 0.1) is 12.8 Å². The summed E-state index contributed by atoms with van der Waals surface area (Å²) in [5.41, 5.74) is 0. The molecule has 2 radical (unpaired) electrons. The van der Waals surface area contributed by atoms with Gasteiger partial charge in [-0.2, -0.15) is 0 Å². The van der Waals surface area contributed by atoms with E-state index < -0.39 is 0 Å². The minimum Gasteiger partial charge on any atom is -0.291 e. The summed E-state index contributed by atoms with van der Waals surface area (Å²) < 4.78 is 0. The fraction of sp³-hybridized carbons (Fsp3) is 0.667. The molecule has 0 aliphatic heterocycles. The molecule has 0 aliphatic carbocycles. The van der Waals surface area contributed by atoms with Gasteiger partial charge in [-0.3, -0.25) is 4.79 Å². The number of hydrogen-bond donors (Lipinski definition) is 0. The minimum absolute atomic E-state index is 0.0694. The van der Waals surface area contributed by atoms with E-state index >= 15 is 0 Å². The molecule has 0 aliphatic rings. The predicted molar refractivity (Wildman–Crippen MR) is 29.4 cm³/mol. The Morgan fingerprint density at radius 3 is 2.43 bits per heavy atom. The SMILES string of the molecule is [CH2]CC([C]=O)CC. The van der Waals surface area contributed by atoms with Crippen LogP contribution in [0.3, 0.4) is 0 Å². The van der Waals surface area contributed by atoms with Crippen LogP contribution in [-0.4, -0.2) is 6.29 Å². The van der Waals surface area contributed by atoms with Crippen LogP contribution in [0.4, 0.5) is 0 Å². The second-order valence-corrected chi connectivity index (χ2v) is 1.51. The molecule has 1 atom stereocenters. The first-order valence-electron chi connectivity index (χ1n) is 2.52. The summed E-state index contributed by atoms with van der Waals surface area (Å²) in [6.45, 7) is 5.52. The lowest BCUT2D eigenvalue weighted by atomic mass is 10.1. The van der Waals surface area contributed by atoms with Crippen molar-refractivity contribution in [3.63, 3.8) is 0 Å². The molecule has 0 rings (SSSR count). The Morgan fingerprint density at radius 2 is 2.43 bits per heavy atom. The molecule has 0 aromatic heterocycles. The topological polar surface area (TPSA) is 17.1 Å². The van der Waals surface area contributed by atoms with Gasteiger partial charge in [0.25, 0.3) is 0 Å². The van der Waals surface area contributed by atoms with Gasteiger partial charge in [0.15, 0.2) is 0 Å². The zero-order valence-corrected chi connectivity index (χ0v) is 4.61. The van der Waals surface area contributed by atoms with Gasteiger partial charge >= 0.3 is 0 Å². The monoisotopic (exact) mass is 98.1 g/mol. The second-order valence-electron chi connectivity index (χ2n) is 1.51. The van der Waals surface area contributed by atoms with Gasteiger partial charge in [0.1, 0.15) is 0 Å². The molecule has 0 amide bonds.